The Hall–Kier alpha value is -2.63. The fraction of sp³-hybridized carbons (Fsp3) is 0.476. The molecule has 0 saturated heterocycles. The summed E-state index contributed by atoms with van der Waals surface area (Å²) in [6.45, 7) is 12.3. The number of aliphatic carboxylic acids is 1. The van der Waals surface area contributed by atoms with Crippen LogP contribution in [0.3, 0.4) is 0 Å². The molecule has 1 amide bonds. The summed E-state index contributed by atoms with van der Waals surface area (Å²) >= 11 is 0. The zero-order chi connectivity index (χ0) is 20.4. The van der Waals surface area contributed by atoms with Crippen LogP contribution in [0.25, 0.3) is 0 Å². The van der Waals surface area contributed by atoms with Gasteiger partial charge in [-0.25, -0.2) is 0 Å². The van der Waals surface area contributed by atoms with Crippen molar-refractivity contribution in [3.05, 3.63) is 53.3 Å². The minimum atomic E-state index is -0.967. The molecule has 1 aromatic carbocycles. The van der Waals surface area contributed by atoms with Gasteiger partial charge in [-0.05, 0) is 37.3 Å². The summed E-state index contributed by atoms with van der Waals surface area (Å²) in [5.41, 5.74) is 2.10. The van der Waals surface area contributed by atoms with Crippen molar-refractivity contribution in [2.45, 2.75) is 65.0 Å². The molecular weight excluding hydrogens is 342 g/mol. The van der Waals surface area contributed by atoms with Gasteiger partial charge in [-0.3, -0.25) is 14.3 Å². The van der Waals surface area contributed by atoms with Crippen LogP contribution in [0, 0.1) is 0 Å². The van der Waals surface area contributed by atoms with Crippen molar-refractivity contribution < 1.29 is 14.7 Å². The molecular formula is C21H29N3O3. The van der Waals surface area contributed by atoms with Gasteiger partial charge in [0.05, 0.1) is 29.8 Å². The maximum absolute atomic E-state index is 12.6. The topological polar surface area (TPSA) is 84.2 Å². The Labute approximate surface area is 160 Å². The van der Waals surface area contributed by atoms with Crippen molar-refractivity contribution >= 4 is 11.9 Å². The number of rotatable bonds is 5. The molecule has 0 fully saturated rings. The van der Waals surface area contributed by atoms with Gasteiger partial charge in [0.1, 0.15) is 0 Å². The van der Waals surface area contributed by atoms with E-state index in [2.05, 4.69) is 31.2 Å². The molecule has 1 unspecified atom stereocenters. The summed E-state index contributed by atoms with van der Waals surface area (Å²) in [4.78, 5) is 23.9. The first-order valence-corrected chi connectivity index (χ1v) is 9.06. The Kier molecular flexibility index (Phi) is 5.78. The summed E-state index contributed by atoms with van der Waals surface area (Å²) < 4.78 is 1.71. The first-order chi connectivity index (χ1) is 12.4. The second-order valence-electron chi connectivity index (χ2n) is 8.84. The number of carboxylic acids is 1. The van der Waals surface area contributed by atoms with Gasteiger partial charge in [0.15, 0.2) is 0 Å². The number of benzene rings is 1. The van der Waals surface area contributed by atoms with Crippen molar-refractivity contribution in [1.82, 2.24) is 15.1 Å². The lowest BCUT2D eigenvalue weighted by Gasteiger charge is -2.22. The monoisotopic (exact) mass is 371 g/mol. The van der Waals surface area contributed by atoms with E-state index in [0.29, 0.717) is 5.56 Å². The Morgan fingerprint density at radius 2 is 1.70 bits per heavy atom. The van der Waals surface area contributed by atoms with E-state index in [1.807, 2.05) is 45.0 Å². The molecule has 2 rings (SSSR count). The zero-order valence-electron chi connectivity index (χ0n) is 16.9. The van der Waals surface area contributed by atoms with Crippen LogP contribution in [0.5, 0.6) is 0 Å². The molecule has 0 aliphatic heterocycles. The van der Waals surface area contributed by atoms with Crippen molar-refractivity contribution in [2.75, 3.05) is 0 Å². The van der Waals surface area contributed by atoms with E-state index in [9.17, 15) is 14.7 Å². The Balaban J connectivity index is 2.22. The first kappa shape index (κ1) is 20.7. The molecule has 6 nitrogen and oxygen atoms in total. The number of amides is 1. The van der Waals surface area contributed by atoms with Crippen LogP contribution in [0.4, 0.5) is 0 Å². The highest BCUT2D eigenvalue weighted by Crippen LogP contribution is 2.25. The number of hydrogen-bond acceptors (Lipinski definition) is 3. The van der Waals surface area contributed by atoms with Crippen LogP contribution in [0.2, 0.25) is 0 Å². The van der Waals surface area contributed by atoms with Crippen LogP contribution < -0.4 is 5.32 Å². The largest absolute Gasteiger partial charge is 0.481 e. The number of aromatic nitrogens is 2. The molecule has 0 aliphatic rings. The van der Waals surface area contributed by atoms with Crippen molar-refractivity contribution in [3.63, 3.8) is 0 Å². The lowest BCUT2D eigenvalue weighted by atomic mass is 9.86. The third kappa shape index (κ3) is 5.42. The lowest BCUT2D eigenvalue weighted by Crippen LogP contribution is -2.30. The highest BCUT2D eigenvalue weighted by molar-refractivity contribution is 5.94. The van der Waals surface area contributed by atoms with E-state index in [0.717, 1.165) is 11.1 Å². The zero-order valence-corrected chi connectivity index (χ0v) is 16.9. The van der Waals surface area contributed by atoms with E-state index in [1.165, 1.54) is 6.20 Å². The van der Waals surface area contributed by atoms with Gasteiger partial charge < -0.3 is 10.4 Å². The standard InChI is InChI=1S/C21H29N3O3/c1-20(2,3)16-9-7-14(8-10-16)17(11-18(25)26)23-19(27)15-12-22-24(13-15)21(4,5)6/h7-10,12-13,17H,11H2,1-6H3,(H,23,27)(H,25,26). The van der Waals surface area contributed by atoms with Gasteiger partial charge in [0, 0.05) is 6.20 Å². The van der Waals surface area contributed by atoms with Gasteiger partial charge in [-0.15, -0.1) is 0 Å². The highest BCUT2D eigenvalue weighted by Gasteiger charge is 2.22. The van der Waals surface area contributed by atoms with Gasteiger partial charge in [-0.1, -0.05) is 45.0 Å². The third-order valence-corrected chi connectivity index (χ3v) is 4.40. The average Bonchev–Trinajstić information content (AvgIpc) is 3.03. The normalized spacial score (nSPS) is 13.3. The third-order valence-electron chi connectivity index (χ3n) is 4.40. The maximum Gasteiger partial charge on any atom is 0.305 e. The molecule has 27 heavy (non-hydrogen) atoms. The van der Waals surface area contributed by atoms with E-state index in [4.69, 9.17) is 0 Å². The van der Waals surface area contributed by atoms with E-state index >= 15 is 0 Å². The molecule has 0 spiro atoms. The number of nitrogens with zero attached hydrogens (tertiary/aromatic N) is 2. The average molecular weight is 371 g/mol. The molecule has 2 N–H and O–H groups in total. The fourth-order valence-corrected chi connectivity index (χ4v) is 2.69. The second-order valence-corrected chi connectivity index (χ2v) is 8.84. The molecule has 6 heteroatoms. The first-order valence-electron chi connectivity index (χ1n) is 9.06. The van der Waals surface area contributed by atoms with Gasteiger partial charge in [0.2, 0.25) is 0 Å². The summed E-state index contributed by atoms with van der Waals surface area (Å²) in [6.07, 6.45) is 2.99. The van der Waals surface area contributed by atoms with Crippen LogP contribution >= 0.6 is 0 Å². The predicted molar refractivity (Wildman–Crippen MR) is 105 cm³/mol. The number of hydrogen-bond donors (Lipinski definition) is 2. The molecule has 2 aromatic rings. The molecule has 146 valence electrons. The summed E-state index contributed by atoms with van der Waals surface area (Å²) in [6, 6.07) is 7.11. The van der Waals surface area contributed by atoms with Crippen LogP contribution in [-0.2, 0) is 15.7 Å². The van der Waals surface area contributed by atoms with Crippen molar-refractivity contribution in [2.24, 2.45) is 0 Å². The number of carbonyl (C=O) groups is 2. The minimum Gasteiger partial charge on any atom is -0.481 e. The Morgan fingerprint density at radius 1 is 1.11 bits per heavy atom. The molecule has 1 aromatic heterocycles. The Bertz CT molecular complexity index is 808. The number of nitrogens with one attached hydrogen (secondary N) is 1. The molecule has 0 saturated carbocycles. The van der Waals surface area contributed by atoms with E-state index < -0.39 is 12.0 Å². The molecule has 1 atom stereocenters. The quantitative estimate of drug-likeness (QED) is 0.835. The van der Waals surface area contributed by atoms with Gasteiger partial charge in [0.25, 0.3) is 5.91 Å². The van der Waals surface area contributed by atoms with Gasteiger partial charge in [-0.2, -0.15) is 5.10 Å². The van der Waals surface area contributed by atoms with Crippen molar-refractivity contribution in [1.29, 1.82) is 0 Å². The molecule has 0 bridgehead atoms. The van der Waals surface area contributed by atoms with Gasteiger partial charge >= 0.3 is 5.97 Å². The Morgan fingerprint density at radius 3 is 2.15 bits per heavy atom. The van der Waals surface area contributed by atoms with Crippen LogP contribution in [-0.4, -0.2) is 26.8 Å². The second kappa shape index (κ2) is 7.55. The van der Waals surface area contributed by atoms with Crippen LogP contribution in [0.15, 0.2) is 36.7 Å². The smallest absolute Gasteiger partial charge is 0.305 e. The predicted octanol–water partition coefficient (Wildman–Crippen LogP) is 3.88. The molecule has 1 heterocycles. The van der Waals surface area contributed by atoms with Crippen LogP contribution in [0.1, 0.15) is 75.5 Å². The minimum absolute atomic E-state index is 0.00557. The molecule has 0 aliphatic carbocycles. The fourth-order valence-electron chi connectivity index (χ4n) is 2.69. The van der Waals surface area contributed by atoms with Crippen molar-refractivity contribution in [3.8, 4) is 0 Å². The van der Waals surface area contributed by atoms with E-state index in [1.54, 1.807) is 10.9 Å². The molecule has 0 radical (unpaired) electrons. The summed E-state index contributed by atoms with van der Waals surface area (Å²) in [7, 11) is 0. The number of carbonyl (C=O) groups excluding carboxylic acids is 1. The highest BCUT2D eigenvalue weighted by atomic mass is 16.4. The maximum atomic E-state index is 12.6. The number of carboxylic acid groups (broad SMARTS) is 1. The summed E-state index contributed by atoms with van der Waals surface area (Å²) in [5, 5.41) is 16.3. The lowest BCUT2D eigenvalue weighted by molar-refractivity contribution is -0.137. The van der Waals surface area contributed by atoms with E-state index in [-0.39, 0.29) is 23.3 Å². The summed E-state index contributed by atoms with van der Waals surface area (Å²) in [5.74, 6) is -1.30. The SMILES string of the molecule is CC(C)(C)c1ccc(C(CC(=O)O)NC(=O)c2cnn(C(C)(C)C)c2)cc1.